The Hall–Kier alpha value is -0.710. The van der Waals surface area contributed by atoms with Crippen molar-refractivity contribution in [3.8, 4) is 0 Å². The number of Topliss-reactive ketones (excluding diaryl/α,β-unsaturated/α-hetero) is 1. The van der Waals surface area contributed by atoms with Crippen LogP contribution in [0.2, 0.25) is 0 Å². The fourth-order valence-corrected chi connectivity index (χ4v) is 1.52. The Balaban J connectivity index is 3.38. The van der Waals surface area contributed by atoms with Gasteiger partial charge in [0.2, 0.25) is 0 Å². The third kappa shape index (κ3) is 2.15. The highest BCUT2D eigenvalue weighted by molar-refractivity contribution is 14.1. The van der Waals surface area contributed by atoms with Crippen LogP contribution in [0.15, 0.2) is 12.1 Å². The summed E-state index contributed by atoms with van der Waals surface area (Å²) in [6.45, 7) is 3.39. The van der Waals surface area contributed by atoms with Gasteiger partial charge in [0.1, 0.15) is 0 Å². The predicted octanol–water partition coefficient (Wildman–Crippen LogP) is 2.61. The topological polar surface area (TPSA) is 34.1 Å². The van der Waals surface area contributed by atoms with Crippen LogP contribution in [0.5, 0.6) is 0 Å². The van der Waals surface area contributed by atoms with Gasteiger partial charge in [-0.15, -0.1) is 0 Å². The smallest absolute Gasteiger partial charge is 0.159 e. The van der Waals surface area contributed by atoms with E-state index in [0.29, 0.717) is 11.1 Å². The standard InChI is InChI=1S/C10H9IO2/c1-6-3-8(7(2)13)4-9(5-12)10(6)11/h3-5H,1-2H3. The number of aryl methyl sites for hydroxylation is 1. The van der Waals surface area contributed by atoms with Gasteiger partial charge in [0.15, 0.2) is 12.1 Å². The highest BCUT2D eigenvalue weighted by Gasteiger charge is 2.07. The van der Waals surface area contributed by atoms with Crippen molar-refractivity contribution in [3.05, 3.63) is 32.4 Å². The van der Waals surface area contributed by atoms with Gasteiger partial charge in [-0.3, -0.25) is 9.59 Å². The van der Waals surface area contributed by atoms with Crippen LogP contribution in [0.4, 0.5) is 0 Å². The van der Waals surface area contributed by atoms with E-state index in [1.165, 1.54) is 6.92 Å². The van der Waals surface area contributed by atoms with E-state index in [2.05, 4.69) is 22.6 Å². The van der Waals surface area contributed by atoms with E-state index in [0.717, 1.165) is 15.4 Å². The van der Waals surface area contributed by atoms with E-state index >= 15 is 0 Å². The van der Waals surface area contributed by atoms with Gasteiger partial charge in [0.25, 0.3) is 0 Å². The van der Waals surface area contributed by atoms with Gasteiger partial charge in [-0.05, 0) is 54.1 Å². The lowest BCUT2D eigenvalue weighted by atomic mass is 10.1. The minimum Gasteiger partial charge on any atom is -0.298 e. The van der Waals surface area contributed by atoms with E-state index in [-0.39, 0.29) is 5.78 Å². The van der Waals surface area contributed by atoms with Crippen LogP contribution >= 0.6 is 22.6 Å². The molecule has 0 N–H and O–H groups in total. The maximum atomic E-state index is 11.1. The molecule has 3 heteroatoms. The van der Waals surface area contributed by atoms with Gasteiger partial charge >= 0.3 is 0 Å². The van der Waals surface area contributed by atoms with Gasteiger partial charge in [-0.1, -0.05) is 0 Å². The summed E-state index contributed by atoms with van der Waals surface area (Å²) in [6, 6.07) is 3.43. The zero-order valence-corrected chi connectivity index (χ0v) is 9.58. The van der Waals surface area contributed by atoms with E-state index in [4.69, 9.17) is 0 Å². The number of aldehydes is 1. The van der Waals surface area contributed by atoms with Crippen LogP contribution < -0.4 is 0 Å². The van der Waals surface area contributed by atoms with Crippen LogP contribution in [-0.4, -0.2) is 12.1 Å². The Morgan fingerprint density at radius 2 is 2.08 bits per heavy atom. The molecule has 0 atom stereocenters. The molecule has 0 aromatic heterocycles. The monoisotopic (exact) mass is 288 g/mol. The number of ketones is 1. The molecule has 1 aromatic carbocycles. The molecule has 68 valence electrons. The lowest BCUT2D eigenvalue weighted by Gasteiger charge is -2.03. The number of hydrogen-bond acceptors (Lipinski definition) is 2. The molecule has 0 saturated carbocycles. The number of carbonyl (C=O) groups is 2. The fraction of sp³-hybridized carbons (Fsp3) is 0.200. The van der Waals surface area contributed by atoms with Crippen molar-refractivity contribution in [1.82, 2.24) is 0 Å². The summed E-state index contributed by atoms with van der Waals surface area (Å²) in [6.07, 6.45) is 0.779. The van der Waals surface area contributed by atoms with Crippen molar-refractivity contribution in [2.75, 3.05) is 0 Å². The Kier molecular flexibility index (Phi) is 3.19. The third-order valence-corrected chi connectivity index (χ3v) is 3.29. The first kappa shape index (κ1) is 10.4. The average Bonchev–Trinajstić information content (AvgIpc) is 2.09. The van der Waals surface area contributed by atoms with E-state index in [1.807, 2.05) is 6.92 Å². The second kappa shape index (κ2) is 4.00. The quantitative estimate of drug-likeness (QED) is 0.476. The molecule has 0 saturated heterocycles. The number of benzene rings is 1. The summed E-state index contributed by atoms with van der Waals surface area (Å²) in [5.74, 6) is -0.0115. The number of hydrogen-bond donors (Lipinski definition) is 0. The van der Waals surface area contributed by atoms with Gasteiger partial charge in [0, 0.05) is 14.7 Å². The highest BCUT2D eigenvalue weighted by atomic mass is 127. The van der Waals surface area contributed by atoms with Crippen LogP contribution in [0.1, 0.15) is 33.2 Å². The molecular formula is C10H9IO2. The van der Waals surface area contributed by atoms with Crippen molar-refractivity contribution in [2.24, 2.45) is 0 Å². The zero-order valence-electron chi connectivity index (χ0n) is 7.43. The molecule has 0 aliphatic rings. The van der Waals surface area contributed by atoms with Crippen LogP contribution in [0.3, 0.4) is 0 Å². The zero-order chi connectivity index (χ0) is 10.0. The molecule has 1 rings (SSSR count). The van der Waals surface area contributed by atoms with E-state index in [1.54, 1.807) is 12.1 Å². The lowest BCUT2D eigenvalue weighted by molar-refractivity contribution is 0.101. The van der Waals surface area contributed by atoms with Gasteiger partial charge in [-0.2, -0.15) is 0 Å². The molecule has 13 heavy (non-hydrogen) atoms. The van der Waals surface area contributed by atoms with Crippen LogP contribution in [-0.2, 0) is 0 Å². The Morgan fingerprint density at radius 3 is 2.54 bits per heavy atom. The molecule has 1 aromatic rings. The van der Waals surface area contributed by atoms with Crippen molar-refractivity contribution in [3.63, 3.8) is 0 Å². The number of carbonyl (C=O) groups excluding carboxylic acids is 2. The predicted molar refractivity (Wildman–Crippen MR) is 59.3 cm³/mol. The molecule has 0 heterocycles. The minimum atomic E-state index is -0.0115. The number of halogens is 1. The highest BCUT2D eigenvalue weighted by Crippen LogP contribution is 2.18. The van der Waals surface area contributed by atoms with Gasteiger partial charge in [-0.25, -0.2) is 0 Å². The second-order valence-corrected chi connectivity index (χ2v) is 3.95. The molecule has 0 spiro atoms. The summed E-state index contributed by atoms with van der Waals surface area (Å²) in [4.78, 5) is 21.7. The molecule has 0 unspecified atom stereocenters. The van der Waals surface area contributed by atoms with Crippen molar-refractivity contribution in [1.29, 1.82) is 0 Å². The normalized spacial score (nSPS) is 9.77. The van der Waals surface area contributed by atoms with Crippen molar-refractivity contribution in [2.45, 2.75) is 13.8 Å². The van der Waals surface area contributed by atoms with E-state index in [9.17, 15) is 9.59 Å². The van der Waals surface area contributed by atoms with E-state index < -0.39 is 0 Å². The first-order valence-corrected chi connectivity index (χ1v) is 4.90. The minimum absolute atomic E-state index is 0.0115. The third-order valence-electron chi connectivity index (χ3n) is 1.82. The first-order chi connectivity index (χ1) is 6.06. The first-order valence-electron chi connectivity index (χ1n) is 3.82. The van der Waals surface area contributed by atoms with Gasteiger partial charge < -0.3 is 0 Å². The molecular weight excluding hydrogens is 279 g/mol. The maximum absolute atomic E-state index is 11.1. The lowest BCUT2D eigenvalue weighted by Crippen LogP contribution is -1.98. The van der Waals surface area contributed by atoms with Crippen LogP contribution in [0, 0.1) is 10.5 Å². The summed E-state index contributed by atoms with van der Waals surface area (Å²) in [5, 5.41) is 0. The average molecular weight is 288 g/mol. The summed E-state index contributed by atoms with van der Waals surface area (Å²) >= 11 is 2.10. The molecule has 0 fully saturated rings. The second-order valence-electron chi connectivity index (χ2n) is 2.87. The molecule has 0 aliphatic heterocycles. The van der Waals surface area contributed by atoms with Crippen LogP contribution in [0.25, 0.3) is 0 Å². The Labute approximate surface area is 90.5 Å². The van der Waals surface area contributed by atoms with Gasteiger partial charge in [0.05, 0.1) is 0 Å². The molecule has 0 aliphatic carbocycles. The van der Waals surface area contributed by atoms with Crippen molar-refractivity contribution >= 4 is 34.7 Å². The molecule has 0 amide bonds. The molecule has 0 radical (unpaired) electrons. The molecule has 2 nitrogen and oxygen atoms in total. The fourth-order valence-electron chi connectivity index (χ4n) is 1.09. The Bertz CT molecular complexity index is 369. The summed E-state index contributed by atoms with van der Waals surface area (Å²) in [5.41, 5.74) is 2.15. The maximum Gasteiger partial charge on any atom is 0.159 e. The van der Waals surface area contributed by atoms with Crippen molar-refractivity contribution < 1.29 is 9.59 Å². The summed E-state index contributed by atoms with van der Waals surface area (Å²) < 4.78 is 0.914. The largest absolute Gasteiger partial charge is 0.298 e. The summed E-state index contributed by atoms with van der Waals surface area (Å²) in [7, 11) is 0. The number of rotatable bonds is 2. The molecule has 0 bridgehead atoms. The SMILES string of the molecule is CC(=O)c1cc(C)c(I)c(C=O)c1. The Morgan fingerprint density at radius 1 is 1.46 bits per heavy atom.